The first-order valence-electron chi connectivity index (χ1n) is 23.8. The highest BCUT2D eigenvalue weighted by Gasteiger charge is 2.29. The van der Waals surface area contributed by atoms with Gasteiger partial charge in [-0.05, 0) is 146 Å². The third kappa shape index (κ3) is 10.3. The fraction of sp³-hybridized carbons (Fsp3) is 0.224. The highest BCUT2D eigenvalue weighted by molar-refractivity contribution is 5.76. The number of rotatable bonds is 14. The van der Waals surface area contributed by atoms with Crippen LogP contribution < -0.4 is 0 Å². The molecule has 9 rings (SSSR count). The molecule has 1 saturated carbocycles. The predicted molar refractivity (Wildman–Crippen MR) is 254 cm³/mol. The second-order valence-electron chi connectivity index (χ2n) is 16.6. The fourth-order valence-corrected chi connectivity index (χ4v) is 8.83. The van der Waals surface area contributed by atoms with E-state index in [-0.39, 0.29) is 30.6 Å². The summed E-state index contributed by atoms with van der Waals surface area (Å²) in [7, 11) is 0. The first kappa shape index (κ1) is 35.3. The van der Waals surface area contributed by atoms with Gasteiger partial charge in [-0.2, -0.15) is 0 Å². The van der Waals surface area contributed by atoms with E-state index in [2.05, 4.69) is 97.9 Å². The minimum Gasteiger partial charge on any atom is -0.256 e. The lowest BCUT2D eigenvalue weighted by Gasteiger charge is -2.35. The molecule has 3 unspecified atom stereocenters. The maximum Gasteiger partial charge on any atom is 0.0708 e. The van der Waals surface area contributed by atoms with Gasteiger partial charge < -0.3 is 0 Å². The number of hydrogen-bond acceptors (Lipinski definition) is 3. The Bertz CT molecular complexity index is 2800. The van der Waals surface area contributed by atoms with Crippen LogP contribution in [0.3, 0.4) is 0 Å². The molecule has 3 atom stereocenters. The molecule has 3 nitrogen and oxygen atoms in total. The molecule has 0 aliphatic heterocycles. The first-order chi connectivity index (χ1) is 31.6. The van der Waals surface area contributed by atoms with E-state index in [0.29, 0.717) is 19.3 Å². The van der Waals surface area contributed by atoms with Crippen molar-refractivity contribution in [1.82, 2.24) is 15.0 Å². The summed E-state index contributed by atoms with van der Waals surface area (Å²) >= 11 is 0. The van der Waals surface area contributed by atoms with Crippen LogP contribution in [-0.4, -0.2) is 15.0 Å². The summed E-state index contributed by atoms with van der Waals surface area (Å²) in [5.74, 6) is -0.542. The zero-order valence-corrected chi connectivity index (χ0v) is 34.9. The van der Waals surface area contributed by atoms with E-state index in [1.54, 1.807) is 0 Å². The molecule has 0 radical (unpaired) electrons. The van der Waals surface area contributed by atoms with Gasteiger partial charge in [0.15, 0.2) is 0 Å². The molecule has 5 aromatic carbocycles. The zero-order chi connectivity index (χ0) is 44.8. The minimum atomic E-state index is -1.62. The molecular weight excluding hydrogens is 739 g/mol. The molecule has 302 valence electrons. The van der Waals surface area contributed by atoms with E-state index in [1.807, 2.05) is 97.5 Å². The summed E-state index contributed by atoms with van der Waals surface area (Å²) in [5.41, 5.74) is 14.0. The van der Waals surface area contributed by atoms with Gasteiger partial charge in [0.2, 0.25) is 0 Å². The highest BCUT2D eigenvalue weighted by atomic mass is 14.7. The Labute approximate surface area is 368 Å². The number of benzene rings is 5. The number of aryl methyl sites for hydroxylation is 4. The average Bonchev–Trinajstić information content (AvgIpc) is 3.35. The number of pyridine rings is 3. The fourth-order valence-electron chi connectivity index (χ4n) is 8.83. The summed E-state index contributed by atoms with van der Waals surface area (Å²) < 4.78 is 39.0. The van der Waals surface area contributed by atoms with Crippen molar-refractivity contribution in [1.29, 1.82) is 0 Å². The molecule has 0 bridgehead atoms. The maximum absolute atomic E-state index is 9.90. The monoisotopic (exact) mass is 797 g/mol. The summed E-state index contributed by atoms with van der Waals surface area (Å²) in [6.07, 6.45) is 6.38. The van der Waals surface area contributed by atoms with Crippen LogP contribution in [0.5, 0.6) is 0 Å². The minimum absolute atomic E-state index is 0.144. The summed E-state index contributed by atoms with van der Waals surface area (Å²) in [5, 5.41) is 0. The molecule has 1 fully saturated rings. The largest absolute Gasteiger partial charge is 0.256 e. The van der Waals surface area contributed by atoms with Crippen LogP contribution >= 0.6 is 0 Å². The van der Waals surface area contributed by atoms with E-state index in [4.69, 9.17) is 15.0 Å². The van der Waals surface area contributed by atoms with Gasteiger partial charge in [0.1, 0.15) is 0 Å². The summed E-state index contributed by atoms with van der Waals surface area (Å²) in [6, 6.07) is 57.8. The molecule has 1 aliphatic carbocycles. The predicted octanol–water partition coefficient (Wildman–Crippen LogP) is 14.7. The van der Waals surface area contributed by atoms with Crippen molar-refractivity contribution < 1.29 is 5.48 Å². The van der Waals surface area contributed by atoms with Crippen molar-refractivity contribution in [3.8, 4) is 56.0 Å². The molecule has 3 aromatic heterocycles. The molecule has 61 heavy (non-hydrogen) atoms. The topological polar surface area (TPSA) is 38.7 Å². The van der Waals surface area contributed by atoms with Crippen LogP contribution in [0, 0.1) is 24.7 Å². The Hall–Kier alpha value is -6.45. The lowest BCUT2D eigenvalue weighted by atomic mass is 9.70. The van der Waals surface area contributed by atoms with Gasteiger partial charge in [-0.15, -0.1) is 0 Å². The number of aromatic nitrogens is 3. The van der Waals surface area contributed by atoms with Crippen LogP contribution in [0.2, 0.25) is 0 Å². The molecule has 0 spiro atoms. The van der Waals surface area contributed by atoms with Crippen LogP contribution in [-0.2, 0) is 19.3 Å². The second kappa shape index (κ2) is 19.3. The highest BCUT2D eigenvalue weighted by Crippen LogP contribution is 2.41. The van der Waals surface area contributed by atoms with Crippen molar-refractivity contribution in [3.05, 3.63) is 211 Å². The molecule has 8 aromatic rings. The zero-order valence-electron chi connectivity index (χ0n) is 38.9. The molecule has 0 amide bonds. The summed E-state index contributed by atoms with van der Waals surface area (Å²) in [4.78, 5) is 14.5. The van der Waals surface area contributed by atoms with E-state index < -0.39 is 12.7 Å². The normalized spacial score (nSPS) is 17.8. The lowest BCUT2D eigenvalue weighted by molar-refractivity contribution is 0.172. The Morgan fingerprint density at radius 1 is 0.426 bits per heavy atom. The van der Waals surface area contributed by atoms with E-state index in [1.165, 1.54) is 0 Å². The standard InChI is InChI=1S/C58H55N3/c1-42-20-29-49(30-21-42)55-38-58(53-19-11-18-52(37-53)48-12-5-2-6-13-48)61-41-54(55)31-26-47-35-45(24-22-43-27-32-56(59-39-43)50-14-7-3-8-15-50)34-46(36-47)25-23-44-28-33-57(60-40-44)51-16-9-4-10-17-51/h2-21,27-30,32-33,37-41,45-47H,22-26,31,34-36H2,1H3/i24D2,26D2. The molecule has 0 N–H and O–H groups in total. The Balaban J connectivity index is 0.994. The van der Waals surface area contributed by atoms with E-state index in [9.17, 15) is 5.48 Å². The van der Waals surface area contributed by atoms with Gasteiger partial charge in [-0.1, -0.05) is 151 Å². The van der Waals surface area contributed by atoms with Gasteiger partial charge in [0.25, 0.3) is 0 Å². The molecule has 1 aliphatic rings. The molecular formula is C58H55N3. The van der Waals surface area contributed by atoms with Crippen molar-refractivity contribution in [3.63, 3.8) is 0 Å². The Morgan fingerprint density at radius 3 is 1.56 bits per heavy atom. The third-order valence-electron chi connectivity index (χ3n) is 12.2. The molecule has 3 heteroatoms. The van der Waals surface area contributed by atoms with Crippen LogP contribution in [0.25, 0.3) is 56.0 Å². The van der Waals surface area contributed by atoms with Crippen molar-refractivity contribution in [2.75, 3.05) is 0 Å². The van der Waals surface area contributed by atoms with E-state index >= 15 is 0 Å². The SMILES string of the molecule is [2H]C([2H])(Cc1ccc(-c2ccccc2)nc1)C1CC(CCc2ccc(-c3ccccc3)nc2)CC(C([2H])([2H])Cc2cnc(-c3cccc(-c4ccccc4)c3)cc2-c2ccc(C)cc2)C1. The van der Waals surface area contributed by atoms with Crippen LogP contribution in [0.4, 0.5) is 0 Å². The molecule has 3 heterocycles. The smallest absolute Gasteiger partial charge is 0.0708 e. The number of hydrogen-bond donors (Lipinski definition) is 0. The van der Waals surface area contributed by atoms with Gasteiger partial charge in [0, 0.05) is 40.8 Å². The van der Waals surface area contributed by atoms with Crippen LogP contribution in [0.15, 0.2) is 188 Å². The number of nitrogens with zero attached hydrogens (tertiary/aromatic N) is 3. The second-order valence-corrected chi connectivity index (χ2v) is 16.6. The van der Waals surface area contributed by atoms with Crippen molar-refractivity contribution in [2.24, 2.45) is 17.8 Å². The van der Waals surface area contributed by atoms with Crippen LogP contribution in [0.1, 0.15) is 66.2 Å². The van der Waals surface area contributed by atoms with Gasteiger partial charge in [-0.3, -0.25) is 15.0 Å². The van der Waals surface area contributed by atoms with E-state index in [0.717, 1.165) is 91.1 Å². The summed E-state index contributed by atoms with van der Waals surface area (Å²) in [6.45, 7) is 2.08. The lowest BCUT2D eigenvalue weighted by Crippen LogP contribution is -2.24. The maximum atomic E-state index is 9.90. The Kier molecular flexibility index (Phi) is 11.2. The molecule has 0 saturated heterocycles. The van der Waals surface area contributed by atoms with Gasteiger partial charge >= 0.3 is 0 Å². The first-order valence-corrected chi connectivity index (χ1v) is 21.8. The van der Waals surface area contributed by atoms with Gasteiger partial charge in [-0.25, -0.2) is 0 Å². The Morgan fingerprint density at radius 2 is 0.951 bits per heavy atom. The average molecular weight is 798 g/mol. The van der Waals surface area contributed by atoms with Gasteiger partial charge in [0.05, 0.1) is 17.1 Å². The third-order valence-corrected chi connectivity index (χ3v) is 12.2. The van der Waals surface area contributed by atoms with Crippen molar-refractivity contribution in [2.45, 2.75) is 64.6 Å². The quantitative estimate of drug-likeness (QED) is 0.110. The van der Waals surface area contributed by atoms with Crippen molar-refractivity contribution >= 4 is 0 Å².